The molecule has 0 bridgehead atoms. The van der Waals surface area contributed by atoms with Crippen LogP contribution in [0.5, 0.6) is 0 Å². The van der Waals surface area contributed by atoms with Crippen molar-refractivity contribution in [2.24, 2.45) is 0 Å². The van der Waals surface area contributed by atoms with E-state index < -0.39 is 0 Å². The van der Waals surface area contributed by atoms with Gasteiger partial charge in [0.15, 0.2) is 0 Å². The lowest BCUT2D eigenvalue weighted by Gasteiger charge is -2.06. The minimum absolute atomic E-state index is 0.583. The predicted octanol–water partition coefficient (Wildman–Crippen LogP) is 2.38. The van der Waals surface area contributed by atoms with Crippen LogP contribution in [0.1, 0.15) is 17.7 Å². The Bertz CT molecular complexity index is 533. The molecule has 0 aromatic carbocycles. The van der Waals surface area contributed by atoms with Crippen LogP contribution in [0.2, 0.25) is 0 Å². The number of thioether (sulfide) groups is 1. The minimum atomic E-state index is 0.583. The van der Waals surface area contributed by atoms with Gasteiger partial charge in [0, 0.05) is 12.2 Å². The molecule has 2 aromatic rings. The summed E-state index contributed by atoms with van der Waals surface area (Å²) in [6.45, 7) is 5.20. The molecule has 0 spiro atoms. The first-order chi connectivity index (χ1) is 8.16. The van der Waals surface area contributed by atoms with Crippen LogP contribution >= 0.6 is 11.8 Å². The van der Waals surface area contributed by atoms with Gasteiger partial charge in [0.25, 0.3) is 0 Å². The van der Waals surface area contributed by atoms with Gasteiger partial charge in [-0.2, -0.15) is 11.8 Å². The number of fused-ring (bicyclic) bond motifs is 1. The van der Waals surface area contributed by atoms with E-state index in [-0.39, 0.29) is 0 Å². The summed E-state index contributed by atoms with van der Waals surface area (Å²) in [5.41, 5.74) is 9.33. The number of aromatic nitrogens is 3. The molecule has 2 rings (SSSR count). The maximum Gasteiger partial charge on any atom is 0.145 e. The lowest BCUT2D eigenvalue weighted by Crippen LogP contribution is -2.03. The molecule has 0 aliphatic rings. The molecule has 92 valence electrons. The highest BCUT2D eigenvalue weighted by Gasteiger charge is 2.14. The second-order valence-corrected chi connectivity index (χ2v) is 5.15. The average Bonchev–Trinajstić information content (AvgIpc) is 2.55. The van der Waals surface area contributed by atoms with Gasteiger partial charge >= 0.3 is 0 Å². The Morgan fingerprint density at radius 3 is 2.82 bits per heavy atom. The highest BCUT2D eigenvalue weighted by atomic mass is 32.2. The highest BCUT2D eigenvalue weighted by molar-refractivity contribution is 7.98. The fraction of sp³-hybridized carbons (Fsp3) is 0.500. The standard InChI is InChI=1S/C12H18N4S/c1-8-9(2)16(5-4-6-17-3)12-10(8)11(13)14-7-15-12/h7H,4-6H2,1-3H3,(H2,13,14,15). The molecule has 0 saturated carbocycles. The van der Waals surface area contributed by atoms with Crippen molar-refractivity contribution in [3.05, 3.63) is 17.6 Å². The highest BCUT2D eigenvalue weighted by Crippen LogP contribution is 2.27. The number of hydrogen-bond donors (Lipinski definition) is 1. The fourth-order valence-electron chi connectivity index (χ4n) is 2.14. The topological polar surface area (TPSA) is 56.7 Å². The van der Waals surface area contributed by atoms with Crippen molar-refractivity contribution in [1.29, 1.82) is 0 Å². The van der Waals surface area contributed by atoms with Crippen molar-refractivity contribution < 1.29 is 0 Å². The maximum atomic E-state index is 5.93. The van der Waals surface area contributed by atoms with Gasteiger partial charge in [-0.25, -0.2) is 9.97 Å². The van der Waals surface area contributed by atoms with Gasteiger partial charge in [-0.3, -0.25) is 0 Å². The van der Waals surface area contributed by atoms with Crippen LogP contribution in [0, 0.1) is 13.8 Å². The maximum absolute atomic E-state index is 5.93. The zero-order valence-corrected chi connectivity index (χ0v) is 11.3. The molecule has 0 aliphatic carbocycles. The number of nitrogen functional groups attached to an aromatic ring is 1. The first kappa shape index (κ1) is 12.2. The van der Waals surface area contributed by atoms with Crippen molar-refractivity contribution in [2.45, 2.75) is 26.8 Å². The molecule has 0 atom stereocenters. The summed E-state index contributed by atoms with van der Waals surface area (Å²) >= 11 is 1.87. The molecule has 2 N–H and O–H groups in total. The van der Waals surface area contributed by atoms with Gasteiger partial charge in [0.2, 0.25) is 0 Å². The number of hydrogen-bond acceptors (Lipinski definition) is 4. The second-order valence-electron chi connectivity index (χ2n) is 4.17. The van der Waals surface area contributed by atoms with E-state index in [0.29, 0.717) is 5.82 Å². The van der Waals surface area contributed by atoms with Crippen LogP contribution < -0.4 is 5.73 Å². The molecular weight excluding hydrogens is 232 g/mol. The minimum Gasteiger partial charge on any atom is -0.383 e. The van der Waals surface area contributed by atoms with Gasteiger partial charge in [-0.05, 0) is 37.8 Å². The lowest BCUT2D eigenvalue weighted by molar-refractivity contribution is 0.683. The molecule has 4 nitrogen and oxygen atoms in total. The summed E-state index contributed by atoms with van der Waals surface area (Å²) in [7, 11) is 0. The predicted molar refractivity (Wildman–Crippen MR) is 74.4 cm³/mol. The number of nitrogens with zero attached hydrogens (tertiary/aromatic N) is 3. The number of rotatable bonds is 4. The zero-order valence-electron chi connectivity index (χ0n) is 10.5. The van der Waals surface area contributed by atoms with E-state index in [0.717, 1.165) is 24.0 Å². The van der Waals surface area contributed by atoms with Crippen molar-refractivity contribution in [3.63, 3.8) is 0 Å². The summed E-state index contributed by atoms with van der Waals surface area (Å²) < 4.78 is 2.25. The molecular formula is C12H18N4S. The molecule has 2 aromatic heterocycles. The normalized spacial score (nSPS) is 11.2. The molecule has 0 aliphatic heterocycles. The molecule has 0 amide bonds. The molecule has 5 heteroatoms. The van der Waals surface area contributed by atoms with E-state index in [9.17, 15) is 0 Å². The van der Waals surface area contributed by atoms with Crippen molar-refractivity contribution in [3.8, 4) is 0 Å². The quantitative estimate of drug-likeness (QED) is 0.846. The first-order valence-electron chi connectivity index (χ1n) is 5.71. The number of nitrogens with two attached hydrogens (primary N) is 1. The smallest absolute Gasteiger partial charge is 0.145 e. The van der Waals surface area contributed by atoms with E-state index in [1.165, 1.54) is 17.0 Å². The number of aryl methyl sites for hydroxylation is 2. The average molecular weight is 250 g/mol. The van der Waals surface area contributed by atoms with Crippen molar-refractivity contribution >= 4 is 28.6 Å². The summed E-state index contributed by atoms with van der Waals surface area (Å²) in [6.07, 6.45) is 4.82. The van der Waals surface area contributed by atoms with E-state index >= 15 is 0 Å². The van der Waals surface area contributed by atoms with Crippen LogP contribution in [0.4, 0.5) is 5.82 Å². The fourth-order valence-corrected chi connectivity index (χ4v) is 2.55. The Morgan fingerprint density at radius 1 is 1.35 bits per heavy atom. The molecule has 0 fully saturated rings. The SMILES string of the molecule is CSCCCn1c(C)c(C)c2c(N)ncnc21. The van der Waals surface area contributed by atoms with Crippen LogP contribution in [0.3, 0.4) is 0 Å². The van der Waals surface area contributed by atoms with Gasteiger partial charge in [0.1, 0.15) is 17.8 Å². The van der Waals surface area contributed by atoms with E-state index in [2.05, 4.69) is 34.6 Å². The molecule has 0 unspecified atom stereocenters. The molecule has 17 heavy (non-hydrogen) atoms. The zero-order chi connectivity index (χ0) is 12.4. The monoisotopic (exact) mass is 250 g/mol. The summed E-state index contributed by atoms with van der Waals surface area (Å²) in [5.74, 6) is 1.75. The Hall–Kier alpha value is -1.23. The third-order valence-electron chi connectivity index (χ3n) is 3.17. The lowest BCUT2D eigenvalue weighted by atomic mass is 10.2. The summed E-state index contributed by atoms with van der Waals surface area (Å²) in [6, 6.07) is 0. The Kier molecular flexibility index (Phi) is 3.57. The Balaban J connectivity index is 2.48. The van der Waals surface area contributed by atoms with E-state index in [1.807, 2.05) is 11.8 Å². The molecule has 0 saturated heterocycles. The van der Waals surface area contributed by atoms with Crippen LogP contribution in [0.15, 0.2) is 6.33 Å². The van der Waals surface area contributed by atoms with Gasteiger partial charge < -0.3 is 10.3 Å². The van der Waals surface area contributed by atoms with Gasteiger partial charge in [-0.15, -0.1) is 0 Å². The molecule has 0 radical (unpaired) electrons. The second kappa shape index (κ2) is 4.96. The van der Waals surface area contributed by atoms with Crippen LogP contribution in [0.25, 0.3) is 11.0 Å². The first-order valence-corrected chi connectivity index (χ1v) is 7.11. The van der Waals surface area contributed by atoms with Crippen LogP contribution in [-0.4, -0.2) is 26.5 Å². The van der Waals surface area contributed by atoms with Gasteiger partial charge in [0.05, 0.1) is 5.39 Å². The van der Waals surface area contributed by atoms with Crippen molar-refractivity contribution in [1.82, 2.24) is 14.5 Å². The van der Waals surface area contributed by atoms with Gasteiger partial charge in [-0.1, -0.05) is 0 Å². The Morgan fingerprint density at radius 2 is 2.12 bits per heavy atom. The van der Waals surface area contributed by atoms with Crippen molar-refractivity contribution in [2.75, 3.05) is 17.7 Å². The van der Waals surface area contributed by atoms with Crippen LogP contribution in [-0.2, 0) is 6.54 Å². The summed E-state index contributed by atoms with van der Waals surface area (Å²) in [4.78, 5) is 8.44. The Labute approximate surface area is 106 Å². The largest absolute Gasteiger partial charge is 0.383 e. The third-order valence-corrected chi connectivity index (χ3v) is 3.86. The number of anilines is 1. The molecule has 2 heterocycles. The summed E-state index contributed by atoms with van der Waals surface area (Å²) in [5, 5.41) is 1.01. The van der Waals surface area contributed by atoms with E-state index in [4.69, 9.17) is 5.73 Å². The van der Waals surface area contributed by atoms with E-state index in [1.54, 1.807) is 6.33 Å². The third kappa shape index (κ3) is 2.11.